The highest BCUT2D eigenvalue weighted by atomic mass is 32.1. The first-order chi connectivity index (χ1) is 6.38. The van der Waals surface area contributed by atoms with Crippen LogP contribution in [0.5, 0.6) is 0 Å². The van der Waals surface area contributed by atoms with Gasteiger partial charge in [0.2, 0.25) is 0 Å². The van der Waals surface area contributed by atoms with Crippen molar-refractivity contribution in [2.45, 2.75) is 18.9 Å². The molecule has 5 heteroatoms. The van der Waals surface area contributed by atoms with Crippen molar-refractivity contribution in [3.8, 4) is 0 Å². The fourth-order valence-electron chi connectivity index (χ4n) is 1.14. The number of hydrazine groups is 1. The number of rotatable bonds is 6. The molecule has 0 amide bonds. The molecule has 1 aromatic heterocycles. The molecule has 0 spiro atoms. The van der Waals surface area contributed by atoms with Crippen LogP contribution in [0.2, 0.25) is 0 Å². The predicted molar refractivity (Wildman–Crippen MR) is 53.3 cm³/mol. The summed E-state index contributed by atoms with van der Waals surface area (Å²) in [5.74, 6) is 5.43. The molecule has 0 saturated carbocycles. The molecule has 1 unspecified atom stereocenters. The highest BCUT2D eigenvalue weighted by Gasteiger charge is 2.09. The lowest BCUT2D eigenvalue weighted by Gasteiger charge is -2.12. The molecule has 0 aromatic carbocycles. The third-order valence-electron chi connectivity index (χ3n) is 1.84. The third kappa shape index (κ3) is 3.40. The minimum absolute atomic E-state index is 0.211. The average molecular weight is 201 g/mol. The Hall–Kier alpha value is -0.490. The Morgan fingerprint density at radius 2 is 2.62 bits per heavy atom. The molecular weight excluding hydrogens is 186 g/mol. The molecule has 0 radical (unpaired) electrons. The maximum absolute atomic E-state index is 5.43. The van der Waals surface area contributed by atoms with Crippen molar-refractivity contribution in [3.63, 3.8) is 0 Å². The second-order valence-corrected chi connectivity index (χ2v) is 3.68. The first-order valence-corrected chi connectivity index (χ1v) is 5.10. The van der Waals surface area contributed by atoms with Crippen LogP contribution in [0.15, 0.2) is 11.7 Å². The molecule has 0 bridgehead atoms. The SMILES string of the molecule is COCCCC(NN)c1cncs1. The van der Waals surface area contributed by atoms with E-state index in [-0.39, 0.29) is 6.04 Å². The molecule has 1 aromatic rings. The number of nitrogens with two attached hydrogens (primary N) is 1. The number of nitrogens with one attached hydrogen (secondary N) is 1. The van der Waals surface area contributed by atoms with Gasteiger partial charge >= 0.3 is 0 Å². The molecule has 0 fully saturated rings. The van der Waals surface area contributed by atoms with Gasteiger partial charge in [-0.25, -0.2) is 0 Å². The van der Waals surface area contributed by atoms with E-state index < -0.39 is 0 Å². The number of thiazole rings is 1. The van der Waals surface area contributed by atoms with Crippen LogP contribution in [-0.4, -0.2) is 18.7 Å². The quantitative estimate of drug-likeness (QED) is 0.411. The maximum Gasteiger partial charge on any atom is 0.0794 e. The van der Waals surface area contributed by atoms with Crippen LogP contribution in [0.25, 0.3) is 0 Å². The molecule has 4 nitrogen and oxygen atoms in total. The molecule has 1 rings (SSSR count). The summed E-state index contributed by atoms with van der Waals surface area (Å²) in [4.78, 5) is 5.19. The molecule has 0 aliphatic rings. The topological polar surface area (TPSA) is 60.2 Å². The number of nitrogens with zero attached hydrogens (tertiary/aromatic N) is 1. The van der Waals surface area contributed by atoms with Gasteiger partial charge in [-0.15, -0.1) is 11.3 Å². The summed E-state index contributed by atoms with van der Waals surface area (Å²) in [6.45, 7) is 0.775. The van der Waals surface area contributed by atoms with Gasteiger partial charge in [-0.05, 0) is 12.8 Å². The largest absolute Gasteiger partial charge is 0.385 e. The third-order valence-corrected chi connectivity index (χ3v) is 2.73. The van der Waals surface area contributed by atoms with Crippen LogP contribution < -0.4 is 11.3 Å². The van der Waals surface area contributed by atoms with Crippen molar-refractivity contribution in [2.24, 2.45) is 5.84 Å². The minimum Gasteiger partial charge on any atom is -0.385 e. The van der Waals surface area contributed by atoms with Gasteiger partial charge in [-0.1, -0.05) is 0 Å². The van der Waals surface area contributed by atoms with Gasteiger partial charge in [0, 0.05) is 24.8 Å². The zero-order chi connectivity index (χ0) is 9.52. The van der Waals surface area contributed by atoms with Crippen molar-refractivity contribution in [2.75, 3.05) is 13.7 Å². The molecule has 13 heavy (non-hydrogen) atoms. The Labute approximate surface area is 82.1 Å². The highest BCUT2D eigenvalue weighted by Crippen LogP contribution is 2.20. The van der Waals surface area contributed by atoms with E-state index in [0.29, 0.717) is 0 Å². The Kier molecular flexibility index (Phi) is 4.92. The molecule has 3 N–H and O–H groups in total. The Bertz CT molecular complexity index is 215. The molecule has 1 atom stereocenters. The summed E-state index contributed by atoms with van der Waals surface area (Å²) in [6, 6.07) is 0.211. The van der Waals surface area contributed by atoms with E-state index in [4.69, 9.17) is 10.6 Å². The monoisotopic (exact) mass is 201 g/mol. The van der Waals surface area contributed by atoms with Gasteiger partial charge in [0.05, 0.1) is 11.6 Å². The van der Waals surface area contributed by atoms with E-state index in [2.05, 4.69) is 10.4 Å². The van der Waals surface area contributed by atoms with E-state index in [9.17, 15) is 0 Å². The van der Waals surface area contributed by atoms with Gasteiger partial charge in [0.1, 0.15) is 0 Å². The van der Waals surface area contributed by atoms with Crippen LogP contribution in [0.1, 0.15) is 23.8 Å². The molecule has 74 valence electrons. The van der Waals surface area contributed by atoms with Crippen molar-refractivity contribution < 1.29 is 4.74 Å². The van der Waals surface area contributed by atoms with Crippen LogP contribution in [0, 0.1) is 0 Å². The summed E-state index contributed by atoms with van der Waals surface area (Å²) >= 11 is 1.62. The number of hydrogen-bond acceptors (Lipinski definition) is 5. The second-order valence-electron chi connectivity index (χ2n) is 2.76. The Morgan fingerprint density at radius 1 is 1.77 bits per heavy atom. The van der Waals surface area contributed by atoms with Gasteiger partial charge in [-0.2, -0.15) is 0 Å². The molecule has 0 aliphatic heterocycles. The summed E-state index contributed by atoms with van der Waals surface area (Å²) < 4.78 is 4.97. The fraction of sp³-hybridized carbons (Fsp3) is 0.625. The average Bonchev–Trinajstić information content (AvgIpc) is 2.65. The number of ether oxygens (including phenoxy) is 1. The van der Waals surface area contributed by atoms with Gasteiger partial charge in [0.15, 0.2) is 0 Å². The van der Waals surface area contributed by atoms with Crippen LogP contribution in [-0.2, 0) is 4.74 Å². The predicted octanol–water partition coefficient (Wildman–Crippen LogP) is 1.07. The smallest absolute Gasteiger partial charge is 0.0794 e. The van der Waals surface area contributed by atoms with E-state index >= 15 is 0 Å². The van der Waals surface area contributed by atoms with E-state index in [1.807, 2.05) is 11.7 Å². The fourth-order valence-corrected chi connectivity index (χ4v) is 1.85. The standard InChI is InChI=1S/C8H15N3OS/c1-12-4-2-3-7(11-9)8-5-10-6-13-8/h5-7,11H,2-4,9H2,1H3. The minimum atomic E-state index is 0.211. The molecular formula is C8H15N3OS. The normalized spacial score (nSPS) is 13.1. The van der Waals surface area contributed by atoms with Crippen molar-refractivity contribution in [1.82, 2.24) is 10.4 Å². The van der Waals surface area contributed by atoms with Gasteiger partial charge in [0.25, 0.3) is 0 Å². The van der Waals surface area contributed by atoms with Crippen LogP contribution in [0.3, 0.4) is 0 Å². The van der Waals surface area contributed by atoms with Crippen molar-refractivity contribution >= 4 is 11.3 Å². The highest BCUT2D eigenvalue weighted by molar-refractivity contribution is 7.09. The summed E-state index contributed by atoms with van der Waals surface area (Å²) in [5, 5.41) is 0. The lowest BCUT2D eigenvalue weighted by molar-refractivity contribution is 0.189. The van der Waals surface area contributed by atoms with E-state index in [1.54, 1.807) is 18.4 Å². The Balaban J connectivity index is 2.35. The lowest BCUT2D eigenvalue weighted by atomic mass is 10.1. The molecule has 0 saturated heterocycles. The summed E-state index contributed by atoms with van der Waals surface area (Å²) in [5.41, 5.74) is 4.59. The van der Waals surface area contributed by atoms with E-state index in [0.717, 1.165) is 19.4 Å². The second kappa shape index (κ2) is 6.04. The summed E-state index contributed by atoms with van der Waals surface area (Å²) in [6.07, 6.45) is 3.83. The summed E-state index contributed by atoms with van der Waals surface area (Å²) in [7, 11) is 1.71. The number of aromatic nitrogens is 1. The number of methoxy groups -OCH3 is 1. The van der Waals surface area contributed by atoms with Crippen LogP contribution in [0.4, 0.5) is 0 Å². The van der Waals surface area contributed by atoms with Crippen molar-refractivity contribution in [1.29, 1.82) is 0 Å². The van der Waals surface area contributed by atoms with Crippen molar-refractivity contribution in [3.05, 3.63) is 16.6 Å². The first kappa shape index (κ1) is 10.6. The van der Waals surface area contributed by atoms with E-state index in [1.165, 1.54) is 4.88 Å². The lowest BCUT2D eigenvalue weighted by Crippen LogP contribution is -2.27. The van der Waals surface area contributed by atoms with Gasteiger partial charge < -0.3 is 4.74 Å². The molecule has 1 heterocycles. The van der Waals surface area contributed by atoms with Gasteiger partial charge in [-0.3, -0.25) is 16.3 Å². The zero-order valence-corrected chi connectivity index (χ0v) is 8.51. The Morgan fingerprint density at radius 3 is 3.15 bits per heavy atom. The van der Waals surface area contributed by atoms with Crippen LogP contribution >= 0.6 is 11.3 Å². The molecule has 0 aliphatic carbocycles. The maximum atomic E-state index is 5.43. The zero-order valence-electron chi connectivity index (χ0n) is 7.69. The first-order valence-electron chi connectivity index (χ1n) is 4.22. The number of hydrogen-bond donors (Lipinski definition) is 2.